The van der Waals surface area contributed by atoms with Crippen molar-refractivity contribution >= 4 is 53.0 Å². The van der Waals surface area contributed by atoms with E-state index in [-0.39, 0.29) is 95.2 Å². The van der Waals surface area contributed by atoms with Crippen molar-refractivity contribution in [2.24, 2.45) is 41.1 Å². The molecule has 14 N–H and O–H groups in total. The van der Waals surface area contributed by atoms with Crippen LogP contribution in [0.4, 0.5) is 0 Å². The van der Waals surface area contributed by atoms with Crippen LogP contribution in [-0.2, 0) is 43.2 Å². The van der Waals surface area contributed by atoms with Crippen LogP contribution in [0.1, 0.15) is 159 Å². The molecule has 1 rings (SSSR count). The molecule has 408 valence electrons. The molecule has 21 nitrogen and oxygen atoms in total. The summed E-state index contributed by atoms with van der Waals surface area (Å²) in [5.41, 5.74) is 11.8. The molecule has 0 unspecified atom stereocenters. The van der Waals surface area contributed by atoms with Gasteiger partial charge in [-0.3, -0.25) is 43.2 Å². The second-order valence-electron chi connectivity index (χ2n) is 20.6. The summed E-state index contributed by atoms with van der Waals surface area (Å²) in [4.78, 5) is 125. The normalized spacial score (nSPS) is 24.2. The number of amides is 8. The number of nitrogens with two attached hydrogens (primary N) is 2. The van der Waals surface area contributed by atoms with Crippen molar-refractivity contribution in [1.29, 1.82) is 0 Å². The average Bonchev–Trinajstić information content (AvgIpc) is 3.29. The van der Waals surface area contributed by atoms with E-state index in [9.17, 15) is 53.4 Å². The van der Waals surface area contributed by atoms with Gasteiger partial charge in [0.1, 0.15) is 36.3 Å². The van der Waals surface area contributed by atoms with Crippen LogP contribution in [0.15, 0.2) is 0 Å². The third kappa shape index (κ3) is 25.5. The lowest BCUT2D eigenvalue weighted by atomic mass is 9.87. The van der Waals surface area contributed by atoms with E-state index in [0.29, 0.717) is 25.2 Å². The minimum absolute atomic E-state index is 0.00343. The maximum atomic E-state index is 14.2. The first-order chi connectivity index (χ1) is 33.5. The number of carbonyl (C=O) groups excluding carboxylic acids is 9. The molecule has 1 saturated heterocycles. The fourth-order valence-corrected chi connectivity index (χ4v) is 8.33. The fourth-order valence-electron chi connectivity index (χ4n) is 8.33. The molecule has 0 aromatic rings. The zero-order valence-electron chi connectivity index (χ0n) is 44.2. The summed E-state index contributed by atoms with van der Waals surface area (Å²) in [6, 6.07) is -8.89. The van der Waals surface area contributed by atoms with Crippen molar-refractivity contribution in [2.75, 3.05) is 26.2 Å². The molecule has 0 spiro atoms. The molecule has 71 heavy (non-hydrogen) atoms. The number of nitrogens with one attached hydrogen (secondary N) is 8. The lowest BCUT2D eigenvalue weighted by Crippen LogP contribution is -2.59. The number of aliphatic hydroxyl groups excluding tert-OH is 2. The molecule has 1 heterocycles. The van der Waals surface area contributed by atoms with Crippen molar-refractivity contribution in [2.45, 2.75) is 207 Å². The maximum Gasteiger partial charge on any atom is 0.245 e. The summed E-state index contributed by atoms with van der Waals surface area (Å²) >= 11 is 0. The Bertz CT molecular complexity index is 1700. The SMILES string of the molecule is CCC[C@@H]1NC(=O)[C@H](CCN)NC(=O)[C@H](CC(C)C)CC(=O)[C@@H](CC(C)C)NC(=O)[C@H](CCN)NC(=O)[C@@H](NC(=O)[C@@H](CO)NC(=O)C[C@H](O)CCCC[C@@H](C)CC)CCNC(=O)[C@H](CC(C)C)NC1=O. The molecular weight excluding hydrogens is 917 g/mol. The Morgan fingerprint density at radius 3 is 1.66 bits per heavy atom. The molecule has 0 bridgehead atoms. The summed E-state index contributed by atoms with van der Waals surface area (Å²) in [6.07, 6.45) is 3.19. The number of aliphatic hydroxyl groups is 2. The fraction of sp³-hybridized carbons (Fsp3) is 0.820. The number of Topliss-reactive ketones (excluding diaryl/α,β-unsaturated/α-hetero) is 1. The molecule has 0 aromatic carbocycles. The zero-order chi connectivity index (χ0) is 53.8. The summed E-state index contributed by atoms with van der Waals surface area (Å²) in [6.45, 7) is 16.0. The highest BCUT2D eigenvalue weighted by molar-refractivity contribution is 5.98. The topological polar surface area (TPSA) is 342 Å². The van der Waals surface area contributed by atoms with Crippen LogP contribution in [0.2, 0.25) is 0 Å². The Hall–Kier alpha value is -4.73. The van der Waals surface area contributed by atoms with Gasteiger partial charge in [-0.15, -0.1) is 0 Å². The van der Waals surface area contributed by atoms with Crippen LogP contribution in [0.5, 0.6) is 0 Å². The highest BCUT2D eigenvalue weighted by Gasteiger charge is 2.36. The molecule has 8 amide bonds. The van der Waals surface area contributed by atoms with E-state index in [4.69, 9.17) is 11.5 Å². The minimum Gasteiger partial charge on any atom is -0.394 e. The first kappa shape index (κ1) is 64.3. The van der Waals surface area contributed by atoms with Gasteiger partial charge in [-0.2, -0.15) is 0 Å². The second-order valence-corrected chi connectivity index (χ2v) is 20.6. The Kier molecular flexibility index (Phi) is 31.3. The van der Waals surface area contributed by atoms with E-state index in [1.807, 2.05) is 48.5 Å². The van der Waals surface area contributed by atoms with Crippen molar-refractivity contribution in [3.05, 3.63) is 0 Å². The molecule has 10 atom stereocenters. The number of carbonyl (C=O) groups is 9. The Morgan fingerprint density at radius 1 is 0.648 bits per heavy atom. The summed E-state index contributed by atoms with van der Waals surface area (Å²) in [7, 11) is 0. The molecule has 21 heteroatoms. The van der Waals surface area contributed by atoms with E-state index in [1.54, 1.807) is 0 Å². The molecule has 1 aliphatic rings. The lowest BCUT2D eigenvalue weighted by Gasteiger charge is -2.28. The standard InChI is InChI=1S/C50H92N10O11/c1-10-14-35-46(67)60-40(25-31(7)8)45(66)53-22-19-38(58-50(71)41(28-61)54-43(64)27-34(62)16-13-12-15-32(9)11-2)49(70)57-37(18-21-52)48(69)59-39(24-30(5)6)42(63)26-33(23-29(3)4)44(65)55-36(17-20-51)47(68)56-35/h29-41,61-62H,10-28,51-52H2,1-9H3,(H,53,66)(H,54,64)(H,55,65)(H,56,68)(H,57,70)(H,58,71)(H,59,69)(H,60,67)/t32-,33+,34+,35-,36-,37-,38-,39+,40-,41+/m0/s1. The van der Waals surface area contributed by atoms with Gasteiger partial charge in [-0.05, 0) is 88.1 Å². The zero-order valence-corrected chi connectivity index (χ0v) is 44.2. The Labute approximate surface area is 422 Å². The quantitative estimate of drug-likeness (QED) is 0.0586. The molecule has 1 aliphatic heterocycles. The summed E-state index contributed by atoms with van der Waals surface area (Å²) in [5, 5.41) is 42.0. The van der Waals surface area contributed by atoms with Gasteiger partial charge < -0.3 is 64.2 Å². The number of ketones is 1. The van der Waals surface area contributed by atoms with Crippen LogP contribution in [0, 0.1) is 29.6 Å². The van der Waals surface area contributed by atoms with Crippen LogP contribution in [-0.4, -0.2) is 138 Å². The average molecular weight is 1010 g/mol. The van der Waals surface area contributed by atoms with Gasteiger partial charge in [-0.25, -0.2) is 0 Å². The molecule has 0 aliphatic carbocycles. The van der Waals surface area contributed by atoms with Crippen LogP contribution in [0.3, 0.4) is 0 Å². The van der Waals surface area contributed by atoms with Gasteiger partial charge in [0.05, 0.1) is 25.2 Å². The minimum atomic E-state index is -1.55. The van der Waals surface area contributed by atoms with Gasteiger partial charge in [0.25, 0.3) is 0 Å². The van der Waals surface area contributed by atoms with Crippen molar-refractivity contribution in [1.82, 2.24) is 42.5 Å². The largest absolute Gasteiger partial charge is 0.394 e. The molecule has 1 fully saturated rings. The molecule has 0 radical (unpaired) electrons. The molecular formula is C50H92N10O11. The van der Waals surface area contributed by atoms with Gasteiger partial charge in [0.15, 0.2) is 5.78 Å². The smallest absolute Gasteiger partial charge is 0.245 e. The number of unbranched alkanes of at least 4 members (excludes halogenated alkanes) is 1. The maximum absolute atomic E-state index is 14.2. The Balaban J connectivity index is 3.75. The van der Waals surface area contributed by atoms with E-state index in [2.05, 4.69) is 56.4 Å². The lowest BCUT2D eigenvalue weighted by molar-refractivity contribution is -0.136. The highest BCUT2D eigenvalue weighted by atomic mass is 16.3. The van der Waals surface area contributed by atoms with Gasteiger partial charge in [0.2, 0.25) is 47.3 Å². The van der Waals surface area contributed by atoms with E-state index in [0.717, 1.165) is 19.3 Å². The monoisotopic (exact) mass is 1010 g/mol. The molecule has 0 saturated carbocycles. The van der Waals surface area contributed by atoms with Crippen molar-refractivity contribution < 1.29 is 53.4 Å². The van der Waals surface area contributed by atoms with Crippen molar-refractivity contribution in [3.8, 4) is 0 Å². The van der Waals surface area contributed by atoms with Gasteiger partial charge in [-0.1, -0.05) is 94.4 Å². The predicted octanol–water partition coefficient (Wildman–Crippen LogP) is 0.461. The summed E-state index contributed by atoms with van der Waals surface area (Å²) < 4.78 is 0. The van der Waals surface area contributed by atoms with E-state index >= 15 is 0 Å². The first-order valence-electron chi connectivity index (χ1n) is 26.1. The van der Waals surface area contributed by atoms with Crippen LogP contribution in [0.25, 0.3) is 0 Å². The van der Waals surface area contributed by atoms with Crippen LogP contribution < -0.4 is 54.0 Å². The number of hydrogen-bond acceptors (Lipinski definition) is 13. The highest BCUT2D eigenvalue weighted by Crippen LogP contribution is 2.20. The predicted molar refractivity (Wildman–Crippen MR) is 271 cm³/mol. The third-order valence-electron chi connectivity index (χ3n) is 12.5. The van der Waals surface area contributed by atoms with Gasteiger partial charge in [0, 0.05) is 18.9 Å². The Morgan fingerprint density at radius 2 is 1.14 bits per heavy atom. The number of hydrogen-bond donors (Lipinski definition) is 12. The van der Waals surface area contributed by atoms with Gasteiger partial charge >= 0.3 is 0 Å². The molecule has 0 aromatic heterocycles. The van der Waals surface area contributed by atoms with Crippen molar-refractivity contribution in [3.63, 3.8) is 0 Å². The first-order valence-corrected chi connectivity index (χ1v) is 26.1. The van der Waals surface area contributed by atoms with E-state index < -0.39 is 114 Å². The second kappa shape index (κ2) is 34.6. The third-order valence-corrected chi connectivity index (χ3v) is 12.5. The van der Waals surface area contributed by atoms with E-state index in [1.165, 1.54) is 0 Å². The summed E-state index contributed by atoms with van der Waals surface area (Å²) in [5.74, 6) is -7.05. The number of rotatable bonds is 24. The van der Waals surface area contributed by atoms with Crippen LogP contribution >= 0.6 is 0 Å².